The number of hydrogen-bond donors (Lipinski definition) is 1. The molecule has 1 aliphatic carbocycles. The summed E-state index contributed by atoms with van der Waals surface area (Å²) in [7, 11) is -1.33. The van der Waals surface area contributed by atoms with Crippen LogP contribution in [0.25, 0.3) is 0 Å². The minimum Gasteiger partial charge on any atom is -0.496 e. The number of para-hydroxylation sites is 1. The summed E-state index contributed by atoms with van der Waals surface area (Å²) in [6.07, 6.45) is 4.66. The van der Waals surface area contributed by atoms with Gasteiger partial charge in [0.05, 0.1) is 25.6 Å². The fourth-order valence-corrected chi connectivity index (χ4v) is 10.1. The maximum absolute atomic E-state index is 12.6. The average molecular weight is 553 g/mol. The Labute approximate surface area is 239 Å². The number of aromatic nitrogens is 2. The molecule has 208 valence electrons. The molecule has 1 N–H and O–H groups in total. The Morgan fingerprint density at radius 2 is 1.50 bits per heavy atom. The Morgan fingerprint density at radius 1 is 0.900 bits per heavy atom. The summed E-state index contributed by atoms with van der Waals surface area (Å²) in [5.41, 5.74) is 1.87. The fraction of sp³-hybridized carbons (Fsp3) is 0.353. The minimum atomic E-state index is -3.07. The van der Waals surface area contributed by atoms with E-state index in [1.807, 2.05) is 62.4 Å². The van der Waals surface area contributed by atoms with Crippen molar-refractivity contribution in [3.8, 4) is 11.5 Å². The number of aryl methyl sites for hydroxylation is 2. The average Bonchev–Trinajstić information content (AvgIpc) is 3.70. The van der Waals surface area contributed by atoms with Gasteiger partial charge in [-0.1, -0.05) is 92.7 Å². The topological polar surface area (TPSA) is 64.5 Å². The molecular weight excluding hydrogens is 512 g/mol. The summed E-state index contributed by atoms with van der Waals surface area (Å²) in [6.45, 7) is 8.88. The second-order valence-corrected chi connectivity index (χ2v) is 15.7. The number of hydrogen-bond acceptors (Lipinski definition) is 5. The van der Waals surface area contributed by atoms with Crippen LogP contribution in [0.4, 0.5) is 0 Å². The molecular formula is C34H40N2O3Si. The zero-order valence-electron chi connectivity index (χ0n) is 24.2. The first-order valence-corrected chi connectivity index (χ1v) is 16.1. The SMILES string of the molecule is COc1ccccc1C1(COc2cnc(C)nc2C)CC1CCC(C)(C)[Si](O)(c1ccccc1)c1ccccc1. The third-order valence-electron chi connectivity index (χ3n) is 8.90. The monoisotopic (exact) mass is 552 g/mol. The van der Waals surface area contributed by atoms with Crippen molar-refractivity contribution in [2.75, 3.05) is 13.7 Å². The number of methoxy groups -OCH3 is 1. The van der Waals surface area contributed by atoms with E-state index < -0.39 is 8.32 Å². The van der Waals surface area contributed by atoms with Gasteiger partial charge in [-0.15, -0.1) is 0 Å². The molecule has 1 aliphatic rings. The largest absolute Gasteiger partial charge is 0.496 e. The zero-order valence-corrected chi connectivity index (χ0v) is 25.2. The van der Waals surface area contributed by atoms with Crippen molar-refractivity contribution in [3.63, 3.8) is 0 Å². The second kappa shape index (κ2) is 11.2. The molecule has 5 rings (SSSR count). The molecule has 0 radical (unpaired) electrons. The van der Waals surface area contributed by atoms with Gasteiger partial charge in [0.1, 0.15) is 11.6 Å². The number of ether oxygens (including phenoxy) is 2. The highest BCUT2D eigenvalue weighted by molar-refractivity contribution is 6.98. The second-order valence-electron chi connectivity index (χ2n) is 11.8. The van der Waals surface area contributed by atoms with Gasteiger partial charge < -0.3 is 14.3 Å². The molecule has 1 fully saturated rings. The molecule has 1 saturated carbocycles. The van der Waals surface area contributed by atoms with E-state index in [1.54, 1.807) is 13.3 Å². The highest BCUT2D eigenvalue weighted by atomic mass is 28.4. The normalized spacial score (nSPS) is 18.8. The maximum atomic E-state index is 12.6. The smallest absolute Gasteiger partial charge is 0.258 e. The molecule has 0 amide bonds. The molecule has 0 aliphatic heterocycles. The molecule has 3 aromatic carbocycles. The zero-order chi connectivity index (χ0) is 28.4. The third kappa shape index (κ3) is 5.18. The van der Waals surface area contributed by atoms with Crippen molar-refractivity contribution in [1.29, 1.82) is 0 Å². The molecule has 1 heterocycles. The molecule has 1 aromatic heterocycles. The number of nitrogens with zero attached hydrogens (tertiary/aromatic N) is 2. The quantitative estimate of drug-likeness (QED) is 0.240. The number of rotatable bonds is 11. The van der Waals surface area contributed by atoms with Crippen molar-refractivity contribution in [1.82, 2.24) is 9.97 Å². The van der Waals surface area contributed by atoms with Crippen LogP contribution in [0.1, 0.15) is 50.2 Å². The van der Waals surface area contributed by atoms with E-state index in [-0.39, 0.29) is 10.5 Å². The summed E-state index contributed by atoms with van der Waals surface area (Å²) >= 11 is 0. The Bertz CT molecular complexity index is 1400. The van der Waals surface area contributed by atoms with Gasteiger partial charge in [0.25, 0.3) is 8.32 Å². The Hall–Kier alpha value is -3.48. The van der Waals surface area contributed by atoms with Gasteiger partial charge in [-0.3, -0.25) is 0 Å². The van der Waals surface area contributed by atoms with Crippen LogP contribution in [-0.2, 0) is 5.41 Å². The first-order valence-electron chi connectivity index (χ1n) is 14.1. The van der Waals surface area contributed by atoms with Crippen molar-refractivity contribution in [3.05, 3.63) is 108 Å². The third-order valence-corrected chi connectivity index (χ3v) is 13.4. The van der Waals surface area contributed by atoms with E-state index in [9.17, 15) is 4.80 Å². The Kier molecular flexibility index (Phi) is 7.84. The molecule has 2 atom stereocenters. The van der Waals surface area contributed by atoms with Crippen LogP contribution in [0, 0.1) is 19.8 Å². The maximum Gasteiger partial charge on any atom is 0.258 e. The van der Waals surface area contributed by atoms with Gasteiger partial charge in [-0.05, 0) is 60.5 Å². The summed E-state index contributed by atoms with van der Waals surface area (Å²) < 4.78 is 12.2. The fourth-order valence-electron chi connectivity index (χ4n) is 6.34. The molecule has 40 heavy (non-hydrogen) atoms. The van der Waals surface area contributed by atoms with Crippen molar-refractivity contribution in [2.24, 2.45) is 5.92 Å². The highest BCUT2D eigenvalue weighted by Crippen LogP contribution is 2.60. The first-order chi connectivity index (χ1) is 19.2. The minimum absolute atomic E-state index is 0.167. The first kappa shape index (κ1) is 28.1. The van der Waals surface area contributed by atoms with Crippen LogP contribution in [0.15, 0.2) is 91.1 Å². The van der Waals surface area contributed by atoms with E-state index >= 15 is 0 Å². The molecule has 0 spiro atoms. The lowest BCUT2D eigenvalue weighted by Crippen LogP contribution is -2.65. The molecule has 0 bridgehead atoms. The summed E-state index contributed by atoms with van der Waals surface area (Å²) in [5, 5.41) is 1.81. The predicted octanol–water partition coefficient (Wildman–Crippen LogP) is 5.75. The van der Waals surface area contributed by atoms with Crippen molar-refractivity contribution in [2.45, 2.75) is 57.4 Å². The van der Waals surface area contributed by atoms with Gasteiger partial charge in [0, 0.05) is 11.0 Å². The summed E-state index contributed by atoms with van der Waals surface area (Å²) in [4.78, 5) is 21.5. The Balaban J connectivity index is 1.43. The molecule has 4 aromatic rings. The van der Waals surface area contributed by atoms with Crippen LogP contribution in [0.5, 0.6) is 11.5 Å². The van der Waals surface area contributed by atoms with Gasteiger partial charge in [-0.25, -0.2) is 9.97 Å². The van der Waals surface area contributed by atoms with Crippen molar-refractivity contribution < 1.29 is 14.3 Å². The van der Waals surface area contributed by atoms with Crippen LogP contribution in [0.3, 0.4) is 0 Å². The number of benzene rings is 3. The molecule has 6 heteroatoms. The van der Waals surface area contributed by atoms with E-state index in [0.29, 0.717) is 12.5 Å². The van der Waals surface area contributed by atoms with E-state index in [4.69, 9.17) is 9.47 Å². The standard InChI is InChI=1S/C34H40N2O3Si/c1-25-32(23-35-26(2)36-25)39-24-34(30-18-12-13-19-31(30)38-5)22-27(34)20-21-33(3,4)40(37,28-14-8-6-9-15-28)29-16-10-7-11-17-29/h6-19,23,27,37H,20-22,24H2,1-5H3. The van der Waals surface area contributed by atoms with Crippen LogP contribution in [-0.4, -0.2) is 36.8 Å². The van der Waals surface area contributed by atoms with Crippen LogP contribution in [0.2, 0.25) is 5.04 Å². The lowest BCUT2D eigenvalue weighted by atomic mass is 9.90. The molecule has 0 saturated heterocycles. The molecule has 2 unspecified atom stereocenters. The van der Waals surface area contributed by atoms with Crippen molar-refractivity contribution >= 4 is 18.7 Å². The summed E-state index contributed by atoms with van der Waals surface area (Å²) in [6, 6.07) is 28.9. The lowest BCUT2D eigenvalue weighted by molar-refractivity contribution is 0.256. The van der Waals surface area contributed by atoms with Gasteiger partial charge in [0.15, 0.2) is 5.75 Å². The Morgan fingerprint density at radius 3 is 2.10 bits per heavy atom. The highest BCUT2D eigenvalue weighted by Gasteiger charge is 2.58. The van der Waals surface area contributed by atoms with E-state index in [1.165, 1.54) is 5.56 Å². The van der Waals surface area contributed by atoms with Crippen LogP contribution >= 0.6 is 0 Å². The van der Waals surface area contributed by atoms with Gasteiger partial charge >= 0.3 is 0 Å². The lowest BCUT2D eigenvalue weighted by Gasteiger charge is -2.41. The van der Waals surface area contributed by atoms with Gasteiger partial charge in [0.2, 0.25) is 0 Å². The van der Waals surface area contributed by atoms with E-state index in [2.05, 4.69) is 60.2 Å². The van der Waals surface area contributed by atoms with Gasteiger partial charge in [-0.2, -0.15) is 0 Å². The van der Waals surface area contributed by atoms with E-state index in [0.717, 1.165) is 52.7 Å². The molecule has 5 nitrogen and oxygen atoms in total. The summed E-state index contributed by atoms with van der Waals surface area (Å²) in [5.74, 6) is 2.76. The predicted molar refractivity (Wildman–Crippen MR) is 163 cm³/mol. The van der Waals surface area contributed by atoms with Crippen LogP contribution < -0.4 is 19.8 Å².